The van der Waals surface area contributed by atoms with Crippen LogP contribution in [0.2, 0.25) is 0 Å². The van der Waals surface area contributed by atoms with Crippen LogP contribution in [0.5, 0.6) is 5.75 Å². The molecule has 0 unspecified atom stereocenters. The van der Waals surface area contributed by atoms with E-state index in [2.05, 4.69) is 13.7 Å². The Balaban J connectivity index is 3.19. The van der Waals surface area contributed by atoms with Crippen molar-refractivity contribution in [2.45, 2.75) is 20.2 Å². The summed E-state index contributed by atoms with van der Waals surface area (Å²) in [4.78, 5) is 21.3. The molecule has 1 N–H and O–H groups in total. The van der Waals surface area contributed by atoms with Crippen LogP contribution in [-0.4, -0.2) is 25.6 Å². The Bertz CT molecular complexity index is 746. The number of benzene rings is 1. The number of nitrogens with one attached hydrogen (secondary N) is 1. The summed E-state index contributed by atoms with van der Waals surface area (Å²) in [7, 11) is -5.65. The Kier molecular flexibility index (Phi) is 5.73. The third-order valence-electron chi connectivity index (χ3n) is 2.34. The minimum Gasteiger partial charge on any atom is -0.354 e. The Hall–Kier alpha value is -2.41. The van der Waals surface area contributed by atoms with Gasteiger partial charge in [0.1, 0.15) is 0 Å². The molecule has 13 heteroatoms. The SMILES string of the molecule is CC(C)C(=O)Nc1ccc([N+](=O)[O-])c(OS(=O)(=O)OC(F)(F)F)c1. The molecule has 0 aliphatic heterocycles. The van der Waals surface area contributed by atoms with E-state index in [-0.39, 0.29) is 5.69 Å². The predicted octanol–water partition coefficient (Wildman–Crippen LogP) is 2.35. The number of alkyl halides is 3. The van der Waals surface area contributed by atoms with Crippen molar-refractivity contribution in [1.82, 2.24) is 0 Å². The molecule has 1 aromatic rings. The smallest absolute Gasteiger partial charge is 0.354 e. The van der Waals surface area contributed by atoms with Crippen molar-refractivity contribution in [3.05, 3.63) is 28.3 Å². The van der Waals surface area contributed by atoms with E-state index in [1.807, 2.05) is 0 Å². The van der Waals surface area contributed by atoms with E-state index in [9.17, 15) is 36.5 Å². The van der Waals surface area contributed by atoms with Crippen molar-refractivity contribution in [1.29, 1.82) is 0 Å². The maximum absolute atomic E-state index is 12.0. The van der Waals surface area contributed by atoms with Crippen LogP contribution >= 0.6 is 0 Å². The molecule has 134 valence electrons. The molecule has 0 fully saturated rings. The molecule has 0 saturated carbocycles. The maximum Gasteiger partial charge on any atom is 0.539 e. The van der Waals surface area contributed by atoms with Crippen molar-refractivity contribution in [3.8, 4) is 5.75 Å². The lowest BCUT2D eigenvalue weighted by molar-refractivity contribution is -0.385. The zero-order chi connectivity index (χ0) is 18.7. The van der Waals surface area contributed by atoms with Crippen LogP contribution in [0, 0.1) is 16.0 Å². The van der Waals surface area contributed by atoms with Crippen LogP contribution < -0.4 is 9.50 Å². The summed E-state index contributed by atoms with van der Waals surface area (Å²) < 4.78 is 65.0. The van der Waals surface area contributed by atoms with Crippen molar-refractivity contribution >= 4 is 27.7 Å². The molecule has 0 aliphatic carbocycles. The third kappa shape index (κ3) is 6.00. The highest BCUT2D eigenvalue weighted by Gasteiger charge is 2.39. The van der Waals surface area contributed by atoms with E-state index < -0.39 is 44.9 Å². The van der Waals surface area contributed by atoms with Crippen molar-refractivity contribution in [3.63, 3.8) is 0 Å². The lowest BCUT2D eigenvalue weighted by atomic mass is 10.2. The largest absolute Gasteiger partial charge is 0.539 e. The average molecular weight is 372 g/mol. The molecule has 0 radical (unpaired) electrons. The van der Waals surface area contributed by atoms with Gasteiger partial charge in [-0.3, -0.25) is 14.9 Å². The van der Waals surface area contributed by atoms with Crippen molar-refractivity contribution in [2.24, 2.45) is 5.92 Å². The summed E-state index contributed by atoms with van der Waals surface area (Å²) in [5, 5.41) is 13.1. The molecular formula is C11H11F3N2O7S. The van der Waals surface area contributed by atoms with Crippen LogP contribution in [0.25, 0.3) is 0 Å². The summed E-state index contributed by atoms with van der Waals surface area (Å²) in [6.45, 7) is 3.08. The molecule has 9 nitrogen and oxygen atoms in total. The first-order chi connectivity index (χ1) is 10.8. The summed E-state index contributed by atoms with van der Waals surface area (Å²) in [5.41, 5.74) is -1.05. The number of anilines is 1. The topological polar surface area (TPSA) is 125 Å². The summed E-state index contributed by atoms with van der Waals surface area (Å²) >= 11 is 0. The van der Waals surface area contributed by atoms with Gasteiger partial charge in [0.2, 0.25) is 11.7 Å². The van der Waals surface area contributed by atoms with Crippen molar-refractivity contribution in [2.75, 3.05) is 5.32 Å². The van der Waals surface area contributed by atoms with E-state index in [0.29, 0.717) is 6.07 Å². The van der Waals surface area contributed by atoms with Gasteiger partial charge in [-0.15, -0.1) is 17.4 Å². The number of nitro groups is 1. The number of halogens is 3. The standard InChI is InChI=1S/C11H11F3N2O7S/c1-6(2)10(17)15-7-3-4-8(16(18)19)9(5-7)22-24(20,21)23-11(12,13)14/h3-6H,1-2H3,(H,15,17). The highest BCUT2D eigenvalue weighted by Crippen LogP contribution is 2.32. The van der Waals surface area contributed by atoms with Crippen LogP contribution in [0.4, 0.5) is 24.5 Å². The number of hydrogen-bond donors (Lipinski definition) is 1. The second-order valence-electron chi connectivity index (χ2n) is 4.60. The molecule has 0 spiro atoms. The van der Waals surface area contributed by atoms with E-state index in [4.69, 9.17) is 0 Å². The van der Waals surface area contributed by atoms with Gasteiger partial charge in [-0.25, -0.2) is 0 Å². The highest BCUT2D eigenvalue weighted by atomic mass is 32.3. The second-order valence-corrected chi connectivity index (χ2v) is 5.75. The minimum absolute atomic E-state index is 0.114. The maximum atomic E-state index is 12.0. The molecule has 1 aromatic carbocycles. The molecule has 0 saturated heterocycles. The quantitative estimate of drug-likeness (QED) is 0.600. The lowest BCUT2D eigenvalue weighted by Crippen LogP contribution is -2.24. The van der Waals surface area contributed by atoms with Crippen LogP contribution in [0.3, 0.4) is 0 Å². The molecule has 0 atom stereocenters. The van der Waals surface area contributed by atoms with Gasteiger partial charge >= 0.3 is 22.4 Å². The zero-order valence-corrected chi connectivity index (χ0v) is 13.0. The van der Waals surface area contributed by atoms with Gasteiger partial charge in [-0.05, 0) is 6.07 Å². The molecule has 0 heterocycles. The monoisotopic (exact) mass is 372 g/mol. The van der Waals surface area contributed by atoms with Crippen LogP contribution in [0.15, 0.2) is 18.2 Å². The van der Waals surface area contributed by atoms with Gasteiger partial charge in [0.25, 0.3) is 0 Å². The lowest BCUT2D eigenvalue weighted by Gasteiger charge is -2.11. The number of nitro benzene ring substituents is 1. The molecule has 0 aromatic heterocycles. The van der Waals surface area contributed by atoms with Crippen molar-refractivity contribution < 1.29 is 39.7 Å². The first kappa shape index (κ1) is 19.6. The molecule has 1 rings (SSSR count). The Morgan fingerprint density at radius 2 is 1.92 bits per heavy atom. The highest BCUT2D eigenvalue weighted by molar-refractivity contribution is 7.82. The fraction of sp³-hybridized carbons (Fsp3) is 0.364. The second kappa shape index (κ2) is 7.00. The number of nitrogens with zero attached hydrogens (tertiary/aromatic N) is 1. The molecule has 0 bridgehead atoms. The van der Waals surface area contributed by atoms with Gasteiger partial charge < -0.3 is 9.50 Å². The minimum atomic E-state index is -5.65. The summed E-state index contributed by atoms with van der Waals surface area (Å²) in [5.74, 6) is -2.03. The molecule has 1 amide bonds. The summed E-state index contributed by atoms with van der Waals surface area (Å²) in [6, 6.07) is 2.51. The number of rotatable bonds is 6. The van der Waals surface area contributed by atoms with Gasteiger partial charge in [0.05, 0.1) is 4.92 Å². The van der Waals surface area contributed by atoms with Gasteiger partial charge in [0.15, 0.2) is 0 Å². The number of carbonyl (C=O) groups is 1. The fourth-order valence-corrected chi connectivity index (χ4v) is 1.96. The summed E-state index contributed by atoms with van der Waals surface area (Å²) in [6.07, 6.45) is -5.57. The van der Waals surface area contributed by atoms with Gasteiger partial charge in [-0.2, -0.15) is 8.42 Å². The van der Waals surface area contributed by atoms with Crippen LogP contribution in [-0.2, 0) is 19.4 Å². The Morgan fingerprint density at radius 1 is 1.33 bits per heavy atom. The Morgan fingerprint density at radius 3 is 2.38 bits per heavy atom. The fourth-order valence-electron chi connectivity index (χ4n) is 1.34. The molecular weight excluding hydrogens is 361 g/mol. The molecule has 24 heavy (non-hydrogen) atoms. The number of carbonyl (C=O) groups excluding carboxylic acids is 1. The first-order valence-electron chi connectivity index (χ1n) is 6.12. The van der Waals surface area contributed by atoms with E-state index in [0.717, 1.165) is 12.1 Å². The van der Waals surface area contributed by atoms with E-state index >= 15 is 0 Å². The zero-order valence-electron chi connectivity index (χ0n) is 12.2. The van der Waals surface area contributed by atoms with Gasteiger partial charge in [0, 0.05) is 23.7 Å². The normalized spacial score (nSPS) is 12.1. The Labute approximate surface area is 133 Å². The predicted molar refractivity (Wildman–Crippen MR) is 73.3 cm³/mol. The van der Waals surface area contributed by atoms with E-state index in [1.54, 1.807) is 13.8 Å². The third-order valence-corrected chi connectivity index (χ3v) is 3.11. The first-order valence-corrected chi connectivity index (χ1v) is 7.45. The molecule has 0 aliphatic rings. The van der Waals surface area contributed by atoms with Gasteiger partial charge in [-0.1, -0.05) is 13.8 Å². The van der Waals surface area contributed by atoms with Crippen LogP contribution in [0.1, 0.15) is 13.8 Å². The van der Waals surface area contributed by atoms with E-state index in [1.165, 1.54) is 0 Å². The number of hydrogen-bond acceptors (Lipinski definition) is 7. The average Bonchev–Trinajstić information content (AvgIpc) is 2.34. The number of amides is 1.